The molecule has 0 heterocycles. The van der Waals surface area contributed by atoms with Crippen LogP contribution in [0.15, 0.2) is 133 Å². The van der Waals surface area contributed by atoms with Gasteiger partial charge in [-0.3, -0.25) is 0 Å². The van der Waals surface area contributed by atoms with Crippen molar-refractivity contribution in [2.45, 2.75) is 6.18 Å². The van der Waals surface area contributed by atoms with Crippen LogP contribution in [-0.4, -0.2) is 0 Å². The van der Waals surface area contributed by atoms with Crippen molar-refractivity contribution in [2.24, 2.45) is 0 Å². The maximum atomic E-state index is 13.6. The van der Waals surface area contributed by atoms with E-state index in [1.54, 1.807) is 12.1 Å². The summed E-state index contributed by atoms with van der Waals surface area (Å²) in [6.45, 7) is 0. The van der Waals surface area contributed by atoms with E-state index in [0.717, 1.165) is 59.9 Å². The van der Waals surface area contributed by atoms with Gasteiger partial charge < -0.3 is 4.90 Å². The summed E-state index contributed by atoms with van der Waals surface area (Å²) in [6, 6.07) is 43.2. The van der Waals surface area contributed by atoms with Gasteiger partial charge in [-0.15, -0.1) is 0 Å². The molecule has 0 fully saturated rings. The Morgan fingerprint density at radius 1 is 0.439 bits per heavy atom. The van der Waals surface area contributed by atoms with E-state index >= 15 is 0 Å². The Balaban J connectivity index is 1.52. The maximum absolute atomic E-state index is 13.6. The van der Waals surface area contributed by atoms with Gasteiger partial charge in [0, 0.05) is 21.8 Å². The lowest BCUT2D eigenvalue weighted by Crippen LogP contribution is -2.13. The van der Waals surface area contributed by atoms with Gasteiger partial charge >= 0.3 is 6.18 Å². The molecule has 0 aromatic heterocycles. The van der Waals surface area contributed by atoms with E-state index in [2.05, 4.69) is 89.8 Å². The summed E-state index contributed by atoms with van der Waals surface area (Å²) in [4.78, 5) is 2.14. The zero-order valence-corrected chi connectivity index (χ0v) is 21.8. The van der Waals surface area contributed by atoms with Gasteiger partial charge in [0.1, 0.15) is 0 Å². The molecule has 0 atom stereocenters. The summed E-state index contributed by atoms with van der Waals surface area (Å²) < 4.78 is 40.8. The van der Waals surface area contributed by atoms with Crippen molar-refractivity contribution in [1.29, 1.82) is 0 Å². The molecule has 8 aromatic rings. The average molecular weight is 538 g/mol. The Morgan fingerprint density at radius 3 is 1.61 bits per heavy atom. The molecule has 4 heteroatoms. The van der Waals surface area contributed by atoms with E-state index in [4.69, 9.17) is 0 Å². The van der Waals surface area contributed by atoms with Gasteiger partial charge in [0.15, 0.2) is 0 Å². The zero-order valence-electron chi connectivity index (χ0n) is 21.8. The third-order valence-corrected chi connectivity index (χ3v) is 8.17. The SMILES string of the molecule is FC(F)(F)c1ccc(N(c2c3ccccc3cc3ccccc23)c2ccc3ccc4cccc5ccc2c3c45)cc1. The second-order valence-corrected chi connectivity index (χ2v) is 10.5. The predicted molar refractivity (Wildman–Crippen MR) is 165 cm³/mol. The Bertz CT molecular complexity index is 2180. The lowest BCUT2D eigenvalue weighted by Gasteiger charge is -2.30. The van der Waals surface area contributed by atoms with Gasteiger partial charge in [0.2, 0.25) is 0 Å². The quantitative estimate of drug-likeness (QED) is 0.160. The number of nitrogens with zero attached hydrogens (tertiary/aromatic N) is 1. The topological polar surface area (TPSA) is 3.24 Å². The van der Waals surface area contributed by atoms with E-state index in [1.807, 2.05) is 24.3 Å². The minimum Gasteiger partial charge on any atom is -0.309 e. The number of anilines is 3. The first-order valence-corrected chi connectivity index (χ1v) is 13.5. The number of hydrogen-bond donors (Lipinski definition) is 0. The highest BCUT2D eigenvalue weighted by atomic mass is 19.4. The standard InChI is InChI=1S/C37H22F3N/c38-37(39,40)28-16-18-29(19-17-28)41(36-30-10-3-1-6-26(30)22-27-7-2-4-11-31(27)36)33-21-15-25-13-12-23-8-5-9-24-14-20-32(33)35(25)34(23)24/h1-22H. The Labute approximate surface area is 234 Å². The van der Waals surface area contributed by atoms with Crippen LogP contribution in [0, 0.1) is 0 Å². The van der Waals surface area contributed by atoms with Crippen LogP contribution in [0.2, 0.25) is 0 Å². The molecule has 0 aliphatic rings. The first-order chi connectivity index (χ1) is 20.0. The van der Waals surface area contributed by atoms with Crippen LogP contribution in [0.3, 0.4) is 0 Å². The number of fused-ring (bicyclic) bond motifs is 2. The molecule has 0 aliphatic heterocycles. The summed E-state index contributed by atoms with van der Waals surface area (Å²) in [7, 11) is 0. The van der Waals surface area contributed by atoms with Crippen LogP contribution in [0.1, 0.15) is 5.56 Å². The van der Waals surface area contributed by atoms with Gasteiger partial charge in [-0.25, -0.2) is 0 Å². The molecule has 0 aliphatic carbocycles. The van der Waals surface area contributed by atoms with Crippen molar-refractivity contribution in [2.75, 3.05) is 4.90 Å². The maximum Gasteiger partial charge on any atom is 0.416 e. The van der Waals surface area contributed by atoms with E-state index in [1.165, 1.54) is 17.5 Å². The van der Waals surface area contributed by atoms with Gasteiger partial charge in [0.25, 0.3) is 0 Å². The fraction of sp³-hybridized carbons (Fsp3) is 0.0270. The molecular weight excluding hydrogens is 515 g/mol. The van der Waals surface area contributed by atoms with Crippen LogP contribution in [-0.2, 0) is 6.18 Å². The Morgan fingerprint density at radius 2 is 0.976 bits per heavy atom. The monoisotopic (exact) mass is 537 g/mol. The predicted octanol–water partition coefficient (Wildman–Crippen LogP) is 11.4. The molecule has 0 bridgehead atoms. The van der Waals surface area contributed by atoms with E-state index in [0.29, 0.717) is 5.69 Å². The summed E-state index contributed by atoms with van der Waals surface area (Å²) in [6.07, 6.45) is -4.41. The summed E-state index contributed by atoms with van der Waals surface area (Å²) in [5.41, 5.74) is 1.85. The van der Waals surface area contributed by atoms with E-state index in [-0.39, 0.29) is 0 Å². The lowest BCUT2D eigenvalue weighted by atomic mass is 9.92. The third kappa shape index (κ3) is 3.64. The van der Waals surface area contributed by atoms with Crippen molar-refractivity contribution in [3.63, 3.8) is 0 Å². The van der Waals surface area contributed by atoms with Crippen LogP contribution >= 0.6 is 0 Å². The molecule has 8 rings (SSSR count). The fourth-order valence-corrected chi connectivity index (χ4v) is 6.33. The Hall–Kier alpha value is -5.09. The van der Waals surface area contributed by atoms with Crippen LogP contribution < -0.4 is 4.90 Å². The second-order valence-electron chi connectivity index (χ2n) is 10.5. The Kier molecular flexibility index (Phi) is 5.05. The van der Waals surface area contributed by atoms with E-state index in [9.17, 15) is 13.2 Å². The lowest BCUT2D eigenvalue weighted by molar-refractivity contribution is -0.137. The normalized spacial score (nSPS) is 12.3. The van der Waals surface area contributed by atoms with Crippen LogP contribution in [0.5, 0.6) is 0 Å². The van der Waals surface area contributed by atoms with Gasteiger partial charge in [-0.2, -0.15) is 13.2 Å². The first kappa shape index (κ1) is 23.8. The highest BCUT2D eigenvalue weighted by Gasteiger charge is 2.31. The minimum atomic E-state index is -4.41. The number of benzene rings is 8. The average Bonchev–Trinajstić information content (AvgIpc) is 3.00. The van der Waals surface area contributed by atoms with Gasteiger partial charge in [0.05, 0.1) is 16.9 Å². The van der Waals surface area contributed by atoms with Crippen molar-refractivity contribution in [3.05, 3.63) is 139 Å². The zero-order chi connectivity index (χ0) is 27.7. The summed E-state index contributed by atoms with van der Waals surface area (Å²) in [5, 5.41) is 11.0. The molecule has 0 saturated carbocycles. The second kappa shape index (κ2) is 8.70. The molecule has 8 aromatic carbocycles. The summed E-state index contributed by atoms with van der Waals surface area (Å²) >= 11 is 0. The third-order valence-electron chi connectivity index (χ3n) is 8.17. The molecule has 196 valence electrons. The number of alkyl halides is 3. The first-order valence-electron chi connectivity index (χ1n) is 13.5. The molecule has 1 nitrogen and oxygen atoms in total. The van der Waals surface area contributed by atoms with Gasteiger partial charge in [-0.1, -0.05) is 97.1 Å². The van der Waals surface area contributed by atoms with Crippen LogP contribution in [0.25, 0.3) is 53.9 Å². The molecule has 41 heavy (non-hydrogen) atoms. The molecular formula is C37H22F3N. The summed E-state index contributed by atoms with van der Waals surface area (Å²) in [5.74, 6) is 0. The fourth-order valence-electron chi connectivity index (χ4n) is 6.33. The highest BCUT2D eigenvalue weighted by molar-refractivity contribution is 6.26. The number of halogens is 3. The largest absolute Gasteiger partial charge is 0.416 e. The van der Waals surface area contributed by atoms with Crippen molar-refractivity contribution < 1.29 is 13.2 Å². The van der Waals surface area contributed by atoms with E-state index < -0.39 is 11.7 Å². The minimum absolute atomic E-state index is 0.662. The molecule has 0 radical (unpaired) electrons. The molecule has 0 saturated heterocycles. The van der Waals surface area contributed by atoms with Gasteiger partial charge in [-0.05, 0) is 74.1 Å². The molecule has 0 N–H and O–H groups in total. The van der Waals surface area contributed by atoms with Crippen molar-refractivity contribution >= 4 is 70.9 Å². The smallest absolute Gasteiger partial charge is 0.309 e. The van der Waals surface area contributed by atoms with Crippen molar-refractivity contribution in [1.82, 2.24) is 0 Å². The number of hydrogen-bond acceptors (Lipinski definition) is 1. The van der Waals surface area contributed by atoms with Crippen molar-refractivity contribution in [3.8, 4) is 0 Å². The molecule has 0 spiro atoms. The van der Waals surface area contributed by atoms with Crippen LogP contribution in [0.4, 0.5) is 30.2 Å². The number of rotatable bonds is 3. The molecule has 0 unspecified atom stereocenters. The molecule has 0 amide bonds. The highest BCUT2D eigenvalue weighted by Crippen LogP contribution is 2.48.